The number of fused-ring (bicyclic) bond motifs is 1. The van der Waals surface area contributed by atoms with Gasteiger partial charge < -0.3 is 15.0 Å². The number of hydrogen-bond acceptors (Lipinski definition) is 2. The summed E-state index contributed by atoms with van der Waals surface area (Å²) in [6.45, 7) is 1.76. The minimum atomic E-state index is -0.204. The average molecular weight is 311 g/mol. The molecule has 0 saturated heterocycles. The zero-order chi connectivity index (χ0) is 13.3. The molecular formula is C13H15BrN2O2. The molecule has 0 fully saturated rings. The van der Waals surface area contributed by atoms with Gasteiger partial charge in [-0.2, -0.15) is 0 Å². The molecule has 2 N–H and O–H groups in total. The van der Waals surface area contributed by atoms with Crippen molar-refractivity contribution in [1.29, 1.82) is 0 Å². The fraction of sp³-hybridized carbons (Fsp3) is 0.308. The Bertz CT molecular complexity index is 579. The highest BCUT2D eigenvalue weighted by molar-refractivity contribution is 9.10. The molecule has 1 amide bonds. The summed E-state index contributed by atoms with van der Waals surface area (Å²) in [5, 5.41) is 9.98. The van der Waals surface area contributed by atoms with Gasteiger partial charge in [-0.05, 0) is 19.1 Å². The third kappa shape index (κ3) is 2.15. The zero-order valence-corrected chi connectivity index (χ0v) is 11.9. The highest BCUT2D eigenvalue weighted by atomic mass is 79.9. The molecule has 1 heterocycles. The van der Waals surface area contributed by atoms with E-state index in [0.29, 0.717) is 5.56 Å². The number of aliphatic hydroxyl groups excluding tert-OH is 1. The van der Waals surface area contributed by atoms with E-state index in [-0.39, 0.29) is 18.6 Å². The number of aromatic nitrogens is 1. The van der Waals surface area contributed by atoms with Crippen molar-refractivity contribution in [2.75, 3.05) is 13.7 Å². The number of nitrogens with one attached hydrogen (secondary N) is 1. The van der Waals surface area contributed by atoms with Gasteiger partial charge in [0.1, 0.15) is 0 Å². The quantitative estimate of drug-likeness (QED) is 0.914. The second-order valence-corrected chi connectivity index (χ2v) is 5.17. The van der Waals surface area contributed by atoms with E-state index < -0.39 is 0 Å². The van der Waals surface area contributed by atoms with Gasteiger partial charge >= 0.3 is 0 Å². The van der Waals surface area contributed by atoms with Crippen LogP contribution in [0.15, 0.2) is 28.9 Å². The fourth-order valence-corrected chi connectivity index (χ4v) is 2.40. The van der Waals surface area contributed by atoms with Crippen LogP contribution in [0.1, 0.15) is 17.3 Å². The Hall–Kier alpha value is -1.33. The number of carbonyl (C=O) groups is 1. The number of halogens is 1. The Labute approximate surface area is 114 Å². The van der Waals surface area contributed by atoms with Gasteiger partial charge in [-0.25, -0.2) is 0 Å². The summed E-state index contributed by atoms with van der Waals surface area (Å²) in [7, 11) is 1.69. The SMILES string of the molecule is CC(CO)N(C)C(=O)c1c[nH]c2cccc(Br)c12. The first-order valence-corrected chi connectivity index (χ1v) is 6.49. The van der Waals surface area contributed by atoms with E-state index >= 15 is 0 Å². The Balaban J connectivity index is 2.46. The van der Waals surface area contributed by atoms with Crippen LogP contribution in [-0.2, 0) is 0 Å². The summed E-state index contributed by atoms with van der Waals surface area (Å²) in [5.41, 5.74) is 1.53. The van der Waals surface area contributed by atoms with Gasteiger partial charge in [0.25, 0.3) is 5.91 Å². The molecule has 1 aromatic carbocycles. The molecule has 1 atom stereocenters. The van der Waals surface area contributed by atoms with Gasteiger partial charge in [0.2, 0.25) is 0 Å². The number of hydrogen-bond donors (Lipinski definition) is 2. The lowest BCUT2D eigenvalue weighted by Crippen LogP contribution is -2.37. The van der Waals surface area contributed by atoms with Crippen molar-refractivity contribution in [1.82, 2.24) is 9.88 Å². The lowest BCUT2D eigenvalue weighted by molar-refractivity contribution is 0.0684. The third-order valence-electron chi connectivity index (χ3n) is 3.13. The smallest absolute Gasteiger partial charge is 0.256 e. The normalized spacial score (nSPS) is 12.7. The first kappa shape index (κ1) is 13.1. The van der Waals surface area contributed by atoms with Crippen LogP contribution in [0.2, 0.25) is 0 Å². The minimum Gasteiger partial charge on any atom is -0.394 e. The van der Waals surface area contributed by atoms with Crippen LogP contribution in [0.25, 0.3) is 10.9 Å². The second-order valence-electron chi connectivity index (χ2n) is 4.31. The van der Waals surface area contributed by atoms with Gasteiger partial charge in [-0.15, -0.1) is 0 Å². The molecule has 2 rings (SSSR count). The topological polar surface area (TPSA) is 56.3 Å². The number of amides is 1. The van der Waals surface area contributed by atoms with Crippen molar-refractivity contribution in [3.8, 4) is 0 Å². The molecule has 4 nitrogen and oxygen atoms in total. The van der Waals surface area contributed by atoms with E-state index in [1.54, 1.807) is 18.1 Å². The van der Waals surface area contributed by atoms with E-state index in [4.69, 9.17) is 5.11 Å². The number of rotatable bonds is 3. The van der Waals surface area contributed by atoms with Crippen LogP contribution in [0.4, 0.5) is 0 Å². The summed E-state index contributed by atoms with van der Waals surface area (Å²) in [4.78, 5) is 17.0. The van der Waals surface area contributed by atoms with Gasteiger partial charge in [-0.3, -0.25) is 4.79 Å². The summed E-state index contributed by atoms with van der Waals surface area (Å²) in [6.07, 6.45) is 1.71. The van der Waals surface area contributed by atoms with Crippen LogP contribution < -0.4 is 0 Å². The first-order valence-electron chi connectivity index (χ1n) is 5.70. The largest absolute Gasteiger partial charge is 0.394 e. The molecule has 2 aromatic rings. The predicted octanol–water partition coefficient (Wildman–Crippen LogP) is 2.38. The maximum Gasteiger partial charge on any atom is 0.256 e. The van der Waals surface area contributed by atoms with Crippen LogP contribution in [0.3, 0.4) is 0 Å². The number of aromatic amines is 1. The molecule has 0 aliphatic rings. The van der Waals surface area contributed by atoms with Crippen LogP contribution in [0, 0.1) is 0 Å². The fourth-order valence-electron chi connectivity index (χ4n) is 1.82. The highest BCUT2D eigenvalue weighted by Crippen LogP contribution is 2.27. The molecule has 0 spiro atoms. The maximum absolute atomic E-state index is 12.3. The molecule has 18 heavy (non-hydrogen) atoms. The van der Waals surface area contributed by atoms with E-state index in [0.717, 1.165) is 15.4 Å². The Kier molecular flexibility index (Phi) is 3.73. The van der Waals surface area contributed by atoms with Crippen molar-refractivity contribution >= 4 is 32.7 Å². The van der Waals surface area contributed by atoms with E-state index in [9.17, 15) is 4.79 Å². The summed E-state index contributed by atoms with van der Waals surface area (Å²) in [5.74, 6) is -0.102. The summed E-state index contributed by atoms with van der Waals surface area (Å²) >= 11 is 3.46. The standard InChI is InChI=1S/C13H15BrN2O2/c1-8(7-17)16(2)13(18)9-6-15-11-5-3-4-10(14)12(9)11/h3-6,8,15,17H,7H2,1-2H3. The summed E-state index contributed by atoms with van der Waals surface area (Å²) in [6, 6.07) is 5.54. The molecule has 1 aromatic heterocycles. The average Bonchev–Trinajstić information content (AvgIpc) is 2.81. The Morgan fingerprint density at radius 1 is 1.56 bits per heavy atom. The van der Waals surface area contributed by atoms with E-state index in [2.05, 4.69) is 20.9 Å². The Morgan fingerprint density at radius 3 is 2.94 bits per heavy atom. The highest BCUT2D eigenvalue weighted by Gasteiger charge is 2.20. The van der Waals surface area contributed by atoms with Crippen LogP contribution >= 0.6 is 15.9 Å². The molecule has 0 bridgehead atoms. The lowest BCUT2D eigenvalue weighted by atomic mass is 10.1. The van der Waals surface area contributed by atoms with Crippen molar-refractivity contribution in [3.63, 3.8) is 0 Å². The van der Waals surface area contributed by atoms with Crippen molar-refractivity contribution in [2.45, 2.75) is 13.0 Å². The van der Waals surface area contributed by atoms with Gasteiger partial charge in [-0.1, -0.05) is 22.0 Å². The summed E-state index contributed by atoms with van der Waals surface area (Å²) < 4.78 is 0.884. The van der Waals surface area contributed by atoms with Gasteiger partial charge in [0, 0.05) is 28.6 Å². The van der Waals surface area contributed by atoms with E-state index in [1.165, 1.54) is 0 Å². The minimum absolute atomic E-state index is 0.0498. The number of H-pyrrole nitrogens is 1. The van der Waals surface area contributed by atoms with Crippen molar-refractivity contribution < 1.29 is 9.90 Å². The monoisotopic (exact) mass is 310 g/mol. The van der Waals surface area contributed by atoms with E-state index in [1.807, 2.05) is 25.1 Å². The maximum atomic E-state index is 12.3. The predicted molar refractivity (Wildman–Crippen MR) is 74.6 cm³/mol. The zero-order valence-electron chi connectivity index (χ0n) is 10.3. The Morgan fingerprint density at radius 2 is 2.28 bits per heavy atom. The molecule has 96 valence electrons. The molecule has 0 saturated carbocycles. The molecule has 0 radical (unpaired) electrons. The number of benzene rings is 1. The molecule has 5 heteroatoms. The first-order chi connectivity index (χ1) is 8.56. The molecule has 0 aliphatic carbocycles. The third-order valence-corrected chi connectivity index (χ3v) is 3.79. The number of aliphatic hydroxyl groups is 1. The number of nitrogens with zero attached hydrogens (tertiary/aromatic N) is 1. The molecule has 0 aliphatic heterocycles. The number of carbonyl (C=O) groups excluding carboxylic acids is 1. The van der Waals surface area contributed by atoms with Crippen molar-refractivity contribution in [2.24, 2.45) is 0 Å². The van der Waals surface area contributed by atoms with Crippen LogP contribution in [0.5, 0.6) is 0 Å². The second kappa shape index (κ2) is 5.12. The van der Waals surface area contributed by atoms with Crippen LogP contribution in [-0.4, -0.2) is 40.6 Å². The molecular weight excluding hydrogens is 296 g/mol. The lowest BCUT2D eigenvalue weighted by Gasteiger charge is -2.22. The van der Waals surface area contributed by atoms with Gasteiger partial charge in [0.15, 0.2) is 0 Å². The van der Waals surface area contributed by atoms with Gasteiger partial charge in [0.05, 0.1) is 18.2 Å². The van der Waals surface area contributed by atoms with Crippen molar-refractivity contribution in [3.05, 3.63) is 34.4 Å². The molecule has 1 unspecified atom stereocenters. The number of likely N-dealkylation sites (N-methyl/N-ethyl adjacent to an activating group) is 1.